The smallest absolute Gasteiger partial charge is 0.251 e. The molecule has 1 unspecified atom stereocenters. The van der Waals surface area contributed by atoms with Crippen LogP contribution in [0.2, 0.25) is 0 Å². The van der Waals surface area contributed by atoms with Gasteiger partial charge in [-0.1, -0.05) is 59.7 Å². The second kappa shape index (κ2) is 8.92. The summed E-state index contributed by atoms with van der Waals surface area (Å²) in [5, 5.41) is 3.07. The Kier molecular flexibility index (Phi) is 6.36. The Labute approximate surface area is 166 Å². The van der Waals surface area contributed by atoms with E-state index in [0.29, 0.717) is 5.56 Å². The Morgan fingerprint density at radius 2 is 1.41 bits per heavy atom. The highest BCUT2D eigenvalue weighted by Crippen LogP contribution is 2.23. The first-order valence-electron chi connectivity index (χ1n) is 9.17. The molecule has 1 N–H and O–H groups in total. The third kappa shape index (κ3) is 5.48. The van der Waals surface area contributed by atoms with E-state index in [2.05, 4.69) is 67.7 Å². The van der Waals surface area contributed by atoms with Crippen molar-refractivity contribution in [1.29, 1.82) is 0 Å². The van der Waals surface area contributed by atoms with E-state index in [1.54, 1.807) is 11.8 Å². The average Bonchev–Trinajstić information content (AvgIpc) is 2.68. The van der Waals surface area contributed by atoms with Crippen LogP contribution in [0.1, 0.15) is 45.6 Å². The first kappa shape index (κ1) is 19.2. The summed E-state index contributed by atoms with van der Waals surface area (Å²) in [7, 11) is 0. The number of rotatable bonds is 6. The van der Waals surface area contributed by atoms with E-state index in [0.717, 1.165) is 11.3 Å². The van der Waals surface area contributed by atoms with E-state index in [9.17, 15) is 4.79 Å². The Morgan fingerprint density at radius 1 is 0.852 bits per heavy atom. The number of aryl methyl sites for hydroxylation is 2. The van der Waals surface area contributed by atoms with Gasteiger partial charge in [0.1, 0.15) is 0 Å². The Bertz CT molecular complexity index is 883. The molecule has 0 fully saturated rings. The van der Waals surface area contributed by atoms with Gasteiger partial charge < -0.3 is 5.32 Å². The summed E-state index contributed by atoms with van der Waals surface area (Å²) in [6.45, 7) is 6.17. The molecule has 0 heterocycles. The summed E-state index contributed by atoms with van der Waals surface area (Å²) in [5.41, 5.74) is 5.51. The fraction of sp³-hybridized carbons (Fsp3) is 0.208. The molecule has 3 aromatic rings. The molecule has 0 bridgehead atoms. The molecule has 0 radical (unpaired) electrons. The van der Waals surface area contributed by atoms with E-state index in [-0.39, 0.29) is 11.9 Å². The van der Waals surface area contributed by atoms with Gasteiger partial charge in [-0.25, -0.2) is 0 Å². The Morgan fingerprint density at radius 3 is 2.00 bits per heavy atom. The van der Waals surface area contributed by atoms with Gasteiger partial charge in [0.15, 0.2) is 0 Å². The highest BCUT2D eigenvalue weighted by atomic mass is 32.2. The molecule has 3 aromatic carbocycles. The van der Waals surface area contributed by atoms with Gasteiger partial charge in [0.05, 0.1) is 6.04 Å². The number of carbonyl (C=O) groups excluding carboxylic acids is 1. The molecular formula is C24H25NOS. The van der Waals surface area contributed by atoms with E-state index >= 15 is 0 Å². The van der Waals surface area contributed by atoms with Crippen molar-refractivity contribution in [2.45, 2.75) is 37.5 Å². The van der Waals surface area contributed by atoms with Crippen LogP contribution in [-0.2, 0) is 5.75 Å². The summed E-state index contributed by atoms with van der Waals surface area (Å²) < 4.78 is 0. The quantitative estimate of drug-likeness (QED) is 0.528. The number of hydrogen-bond acceptors (Lipinski definition) is 2. The van der Waals surface area contributed by atoms with Crippen LogP contribution in [-0.4, -0.2) is 5.91 Å². The van der Waals surface area contributed by atoms with Crippen molar-refractivity contribution >= 4 is 17.7 Å². The lowest BCUT2D eigenvalue weighted by Crippen LogP contribution is -2.26. The van der Waals surface area contributed by atoms with Crippen molar-refractivity contribution in [2.24, 2.45) is 0 Å². The average molecular weight is 376 g/mol. The van der Waals surface area contributed by atoms with Crippen LogP contribution < -0.4 is 5.32 Å². The summed E-state index contributed by atoms with van der Waals surface area (Å²) in [5.74, 6) is 0.853. The first-order valence-corrected chi connectivity index (χ1v) is 10.2. The number of benzene rings is 3. The minimum Gasteiger partial charge on any atom is -0.346 e. The van der Waals surface area contributed by atoms with E-state index in [1.165, 1.54) is 21.6 Å². The van der Waals surface area contributed by atoms with Gasteiger partial charge >= 0.3 is 0 Å². The monoisotopic (exact) mass is 375 g/mol. The molecule has 1 amide bonds. The predicted octanol–water partition coefficient (Wildman–Crippen LogP) is 6.09. The van der Waals surface area contributed by atoms with Crippen molar-refractivity contribution < 1.29 is 4.79 Å². The van der Waals surface area contributed by atoms with Gasteiger partial charge in [-0.05, 0) is 56.2 Å². The number of amides is 1. The zero-order valence-electron chi connectivity index (χ0n) is 16.0. The lowest BCUT2D eigenvalue weighted by atomic mass is 10.1. The van der Waals surface area contributed by atoms with Crippen LogP contribution in [0.4, 0.5) is 0 Å². The van der Waals surface area contributed by atoms with Crippen LogP contribution in [0.3, 0.4) is 0 Å². The van der Waals surface area contributed by atoms with Crippen molar-refractivity contribution in [1.82, 2.24) is 5.32 Å². The molecule has 27 heavy (non-hydrogen) atoms. The molecule has 0 aliphatic heterocycles. The van der Waals surface area contributed by atoms with Crippen LogP contribution in [0.5, 0.6) is 0 Å². The molecule has 0 aliphatic rings. The van der Waals surface area contributed by atoms with Gasteiger partial charge in [-0.3, -0.25) is 4.79 Å². The maximum absolute atomic E-state index is 12.5. The van der Waals surface area contributed by atoms with Gasteiger partial charge in [-0.15, -0.1) is 11.8 Å². The Balaban J connectivity index is 1.56. The van der Waals surface area contributed by atoms with Gasteiger partial charge in [0.25, 0.3) is 5.91 Å². The minimum atomic E-state index is -0.0409. The van der Waals surface area contributed by atoms with Crippen LogP contribution in [0, 0.1) is 13.8 Å². The van der Waals surface area contributed by atoms with E-state index in [4.69, 9.17) is 0 Å². The van der Waals surface area contributed by atoms with Crippen molar-refractivity contribution in [3.05, 3.63) is 101 Å². The fourth-order valence-electron chi connectivity index (χ4n) is 2.77. The number of hydrogen-bond donors (Lipinski definition) is 1. The zero-order chi connectivity index (χ0) is 19.2. The molecule has 0 aliphatic carbocycles. The first-order chi connectivity index (χ1) is 13.0. The second-order valence-corrected chi connectivity index (χ2v) is 7.95. The molecule has 0 saturated carbocycles. The van der Waals surface area contributed by atoms with Gasteiger partial charge in [0.2, 0.25) is 0 Å². The van der Waals surface area contributed by atoms with Crippen molar-refractivity contribution in [3.63, 3.8) is 0 Å². The largest absolute Gasteiger partial charge is 0.346 e. The normalized spacial score (nSPS) is 11.8. The molecule has 3 rings (SSSR count). The van der Waals surface area contributed by atoms with Crippen molar-refractivity contribution in [3.8, 4) is 0 Å². The molecule has 1 atom stereocenters. The molecule has 0 saturated heterocycles. The lowest BCUT2D eigenvalue weighted by Gasteiger charge is -2.15. The molecule has 0 spiro atoms. The standard InChI is InChI=1S/C24H25NOS/c1-17-4-10-21(11-5-17)19(3)25-24(26)22-12-8-20(9-13-22)16-27-23-14-6-18(2)7-15-23/h4-15,19H,16H2,1-3H3,(H,25,26). The summed E-state index contributed by atoms with van der Waals surface area (Å²) in [6, 6.07) is 24.7. The van der Waals surface area contributed by atoms with Gasteiger partial charge in [0, 0.05) is 16.2 Å². The minimum absolute atomic E-state index is 0.0186. The molecule has 3 heteroatoms. The molecule has 138 valence electrons. The number of thioether (sulfide) groups is 1. The number of carbonyl (C=O) groups is 1. The van der Waals surface area contributed by atoms with Crippen molar-refractivity contribution in [2.75, 3.05) is 0 Å². The SMILES string of the molecule is Cc1ccc(SCc2ccc(C(=O)NC(C)c3ccc(C)cc3)cc2)cc1. The third-order valence-corrected chi connectivity index (χ3v) is 5.65. The van der Waals surface area contributed by atoms with Gasteiger partial charge in [-0.2, -0.15) is 0 Å². The summed E-state index contributed by atoms with van der Waals surface area (Å²) >= 11 is 1.80. The summed E-state index contributed by atoms with van der Waals surface area (Å²) in [6.07, 6.45) is 0. The maximum Gasteiger partial charge on any atom is 0.251 e. The third-order valence-electron chi connectivity index (χ3n) is 4.57. The van der Waals surface area contributed by atoms with E-state index in [1.807, 2.05) is 31.2 Å². The molecular weight excluding hydrogens is 350 g/mol. The summed E-state index contributed by atoms with van der Waals surface area (Å²) in [4.78, 5) is 13.8. The second-order valence-electron chi connectivity index (χ2n) is 6.90. The van der Waals surface area contributed by atoms with E-state index < -0.39 is 0 Å². The van der Waals surface area contributed by atoms with Crippen LogP contribution >= 0.6 is 11.8 Å². The maximum atomic E-state index is 12.5. The topological polar surface area (TPSA) is 29.1 Å². The lowest BCUT2D eigenvalue weighted by molar-refractivity contribution is 0.0940. The predicted molar refractivity (Wildman–Crippen MR) is 114 cm³/mol. The number of nitrogens with one attached hydrogen (secondary N) is 1. The zero-order valence-corrected chi connectivity index (χ0v) is 16.8. The molecule has 0 aromatic heterocycles. The van der Waals surface area contributed by atoms with Crippen LogP contribution in [0.25, 0.3) is 0 Å². The highest BCUT2D eigenvalue weighted by Gasteiger charge is 2.11. The Hall–Kier alpha value is -2.52. The highest BCUT2D eigenvalue weighted by molar-refractivity contribution is 7.98. The van der Waals surface area contributed by atoms with Crippen LogP contribution in [0.15, 0.2) is 77.7 Å². The fourth-order valence-corrected chi connectivity index (χ4v) is 3.63. The molecule has 2 nitrogen and oxygen atoms in total.